The Hall–Kier alpha value is -3.98. The van der Waals surface area contributed by atoms with Gasteiger partial charge in [-0.2, -0.15) is 0 Å². The maximum Gasteiger partial charge on any atom is 0.260 e. The predicted octanol–water partition coefficient (Wildman–Crippen LogP) is 3.12. The van der Waals surface area contributed by atoms with E-state index in [1.807, 2.05) is 30.3 Å². The highest BCUT2D eigenvalue weighted by atomic mass is 32.1. The van der Waals surface area contributed by atoms with Gasteiger partial charge in [-0.3, -0.25) is 19.3 Å². The van der Waals surface area contributed by atoms with Gasteiger partial charge in [0.2, 0.25) is 5.91 Å². The van der Waals surface area contributed by atoms with Crippen LogP contribution in [-0.2, 0) is 14.4 Å². The fourth-order valence-electron chi connectivity index (χ4n) is 3.30. The Morgan fingerprint density at radius 3 is 2.59 bits per heavy atom. The highest BCUT2D eigenvalue weighted by Crippen LogP contribution is 2.33. The van der Waals surface area contributed by atoms with E-state index < -0.39 is 12.0 Å². The van der Waals surface area contributed by atoms with Crippen LogP contribution >= 0.6 is 11.3 Å². The summed E-state index contributed by atoms with van der Waals surface area (Å²) in [7, 11) is 0. The number of benzene rings is 2. The molecule has 1 aliphatic rings. The van der Waals surface area contributed by atoms with Gasteiger partial charge in [0.15, 0.2) is 11.2 Å². The van der Waals surface area contributed by atoms with Gasteiger partial charge >= 0.3 is 0 Å². The number of hydrogen-bond acceptors (Lipinski definition) is 6. The molecule has 9 heteroatoms. The number of carbonyl (C=O) groups excluding carboxylic acids is 3. The van der Waals surface area contributed by atoms with Gasteiger partial charge < -0.3 is 15.4 Å². The molecule has 3 amide bonds. The molecule has 3 aromatic rings. The molecule has 8 nitrogen and oxygen atoms in total. The summed E-state index contributed by atoms with van der Waals surface area (Å²) in [5.74, 6) is -0.733. The largest absolute Gasteiger partial charge is 0.477 e. The fourth-order valence-corrected chi connectivity index (χ4v) is 4.15. The molecule has 2 N–H and O–H groups in total. The molecule has 2 aromatic carbocycles. The molecule has 0 saturated heterocycles. The van der Waals surface area contributed by atoms with Crippen molar-refractivity contribution in [3.8, 4) is 5.75 Å². The first-order valence-electron chi connectivity index (χ1n) is 9.80. The summed E-state index contributed by atoms with van der Waals surface area (Å²) in [5.41, 5.74) is 7.20. The van der Waals surface area contributed by atoms with E-state index >= 15 is 0 Å². The van der Waals surface area contributed by atoms with E-state index in [0.717, 1.165) is 0 Å². The highest BCUT2D eigenvalue weighted by Gasteiger charge is 2.31. The lowest BCUT2D eigenvalue weighted by atomic mass is 10.1. The van der Waals surface area contributed by atoms with Gasteiger partial charge in [0.25, 0.3) is 11.8 Å². The Labute approximate surface area is 188 Å². The highest BCUT2D eigenvalue weighted by molar-refractivity contribution is 7.14. The SMILES string of the molecule is CC(=O)N(c1ccccc1)c1nc(C=CC(=O)N2CC(C(N)=O)Oc3ccccc32)cs1. The number of amides is 3. The van der Waals surface area contributed by atoms with Crippen LogP contribution in [0.5, 0.6) is 5.75 Å². The summed E-state index contributed by atoms with van der Waals surface area (Å²) >= 11 is 1.30. The first-order chi connectivity index (χ1) is 15.4. The van der Waals surface area contributed by atoms with Crippen LogP contribution in [-0.4, -0.2) is 35.4 Å². The number of nitrogens with two attached hydrogens (primary N) is 1. The predicted molar refractivity (Wildman–Crippen MR) is 123 cm³/mol. The second kappa shape index (κ2) is 9.03. The summed E-state index contributed by atoms with van der Waals surface area (Å²) in [4.78, 5) is 44.2. The molecule has 32 heavy (non-hydrogen) atoms. The van der Waals surface area contributed by atoms with Gasteiger partial charge in [-0.05, 0) is 30.3 Å². The van der Waals surface area contributed by atoms with Crippen LogP contribution in [0, 0.1) is 0 Å². The maximum absolute atomic E-state index is 12.9. The number of aromatic nitrogens is 1. The molecule has 0 radical (unpaired) electrons. The van der Waals surface area contributed by atoms with Crippen molar-refractivity contribution in [1.29, 1.82) is 0 Å². The molecular weight excluding hydrogens is 428 g/mol. The summed E-state index contributed by atoms with van der Waals surface area (Å²) < 4.78 is 5.59. The molecule has 1 aliphatic heterocycles. The van der Waals surface area contributed by atoms with E-state index in [0.29, 0.717) is 27.9 Å². The van der Waals surface area contributed by atoms with Crippen LogP contribution in [0.2, 0.25) is 0 Å². The Balaban J connectivity index is 1.55. The molecule has 0 bridgehead atoms. The van der Waals surface area contributed by atoms with Crippen LogP contribution in [0.3, 0.4) is 0 Å². The summed E-state index contributed by atoms with van der Waals surface area (Å²) in [6.45, 7) is 1.49. The maximum atomic E-state index is 12.9. The third-order valence-corrected chi connectivity index (χ3v) is 5.63. The van der Waals surface area contributed by atoms with Crippen molar-refractivity contribution < 1.29 is 19.1 Å². The number of rotatable bonds is 5. The van der Waals surface area contributed by atoms with Crippen molar-refractivity contribution in [1.82, 2.24) is 4.98 Å². The van der Waals surface area contributed by atoms with E-state index in [4.69, 9.17) is 10.5 Å². The lowest BCUT2D eigenvalue weighted by Gasteiger charge is -2.32. The number of para-hydroxylation sites is 3. The Kier molecular flexibility index (Phi) is 6.00. The van der Waals surface area contributed by atoms with Crippen molar-refractivity contribution in [3.05, 3.63) is 71.7 Å². The average Bonchev–Trinajstić information content (AvgIpc) is 3.25. The van der Waals surface area contributed by atoms with Crippen LogP contribution < -0.4 is 20.3 Å². The molecule has 4 rings (SSSR count). The van der Waals surface area contributed by atoms with Gasteiger partial charge in [-0.25, -0.2) is 4.98 Å². The minimum Gasteiger partial charge on any atom is -0.477 e. The molecule has 162 valence electrons. The van der Waals surface area contributed by atoms with Gasteiger partial charge in [0.1, 0.15) is 5.75 Å². The second-order valence-corrected chi connectivity index (χ2v) is 7.84. The van der Waals surface area contributed by atoms with Crippen molar-refractivity contribution in [2.24, 2.45) is 5.73 Å². The molecule has 1 aromatic heterocycles. The first-order valence-corrected chi connectivity index (χ1v) is 10.7. The van der Waals surface area contributed by atoms with Crippen LogP contribution in [0.25, 0.3) is 6.08 Å². The minimum atomic E-state index is -0.928. The van der Waals surface area contributed by atoms with Gasteiger partial charge in [-0.15, -0.1) is 11.3 Å². The Bertz CT molecular complexity index is 1190. The van der Waals surface area contributed by atoms with E-state index in [2.05, 4.69) is 4.98 Å². The zero-order chi connectivity index (χ0) is 22.7. The van der Waals surface area contributed by atoms with Crippen molar-refractivity contribution in [2.45, 2.75) is 13.0 Å². The molecule has 1 atom stereocenters. The van der Waals surface area contributed by atoms with Gasteiger partial charge in [-0.1, -0.05) is 30.3 Å². The van der Waals surface area contributed by atoms with E-state index in [1.165, 1.54) is 34.1 Å². The Morgan fingerprint density at radius 2 is 1.88 bits per heavy atom. The lowest BCUT2D eigenvalue weighted by Crippen LogP contribution is -2.49. The Morgan fingerprint density at radius 1 is 1.16 bits per heavy atom. The molecule has 1 unspecified atom stereocenters. The standard InChI is InChI=1S/C23H20N4O4S/c1-15(28)27(17-7-3-2-4-8-17)23-25-16(14-32-23)11-12-21(29)26-13-20(22(24)30)31-19-10-6-5-9-18(19)26/h2-12,14,20H,13H2,1H3,(H2,24,30). The number of thiazole rings is 1. The minimum absolute atomic E-state index is 0.0178. The molecule has 0 spiro atoms. The second-order valence-electron chi connectivity index (χ2n) is 7.00. The first kappa shape index (κ1) is 21.3. The van der Waals surface area contributed by atoms with Gasteiger partial charge in [0, 0.05) is 18.4 Å². The van der Waals surface area contributed by atoms with Gasteiger partial charge in [0.05, 0.1) is 23.6 Å². The number of primary amides is 1. The molecule has 0 fully saturated rings. The van der Waals surface area contributed by atoms with E-state index in [9.17, 15) is 14.4 Å². The average molecular weight is 449 g/mol. The molecule has 0 aliphatic carbocycles. The quantitative estimate of drug-likeness (QED) is 0.604. The van der Waals surface area contributed by atoms with Crippen LogP contribution in [0.4, 0.5) is 16.5 Å². The zero-order valence-electron chi connectivity index (χ0n) is 17.2. The number of hydrogen-bond donors (Lipinski definition) is 1. The number of nitrogens with zero attached hydrogens (tertiary/aromatic N) is 3. The van der Waals surface area contributed by atoms with E-state index in [-0.39, 0.29) is 18.4 Å². The number of anilines is 3. The van der Waals surface area contributed by atoms with E-state index in [1.54, 1.807) is 35.7 Å². The molecular formula is C23H20N4O4S. The normalized spacial score (nSPS) is 15.2. The fraction of sp³-hybridized carbons (Fsp3) is 0.130. The van der Waals surface area contributed by atoms with Crippen LogP contribution in [0.1, 0.15) is 12.6 Å². The lowest BCUT2D eigenvalue weighted by molar-refractivity contribution is -0.125. The number of carbonyl (C=O) groups is 3. The molecule has 0 saturated carbocycles. The van der Waals surface area contributed by atoms with Crippen LogP contribution in [0.15, 0.2) is 66.1 Å². The third-order valence-electron chi connectivity index (χ3n) is 4.78. The monoisotopic (exact) mass is 448 g/mol. The zero-order valence-corrected chi connectivity index (χ0v) is 18.0. The molecule has 2 heterocycles. The van der Waals surface area contributed by atoms with Crippen molar-refractivity contribution in [2.75, 3.05) is 16.3 Å². The van der Waals surface area contributed by atoms with Crippen molar-refractivity contribution in [3.63, 3.8) is 0 Å². The number of ether oxygens (including phenoxy) is 1. The third kappa shape index (κ3) is 4.37. The summed E-state index contributed by atoms with van der Waals surface area (Å²) in [6.07, 6.45) is 2.02. The van der Waals surface area contributed by atoms with Crippen molar-refractivity contribution >= 4 is 51.6 Å². The number of fused-ring (bicyclic) bond motifs is 1. The topological polar surface area (TPSA) is 106 Å². The summed E-state index contributed by atoms with van der Waals surface area (Å²) in [5, 5.41) is 2.26. The smallest absolute Gasteiger partial charge is 0.260 e. The summed E-state index contributed by atoms with van der Waals surface area (Å²) in [6, 6.07) is 16.2.